The van der Waals surface area contributed by atoms with Crippen LogP contribution in [0.1, 0.15) is 16.0 Å². The van der Waals surface area contributed by atoms with Crippen LogP contribution in [0.3, 0.4) is 0 Å². The monoisotopic (exact) mass is 377 g/mol. The number of hydrogen-bond donors (Lipinski definition) is 3. The van der Waals surface area contributed by atoms with E-state index >= 15 is 0 Å². The zero-order chi connectivity index (χ0) is 18.8. The fourth-order valence-corrected chi connectivity index (χ4v) is 3.60. The van der Waals surface area contributed by atoms with Gasteiger partial charge in [0.25, 0.3) is 0 Å². The summed E-state index contributed by atoms with van der Waals surface area (Å²) in [6.07, 6.45) is 3.63. The number of thiazole rings is 1. The van der Waals surface area contributed by atoms with E-state index in [9.17, 15) is 9.90 Å². The summed E-state index contributed by atoms with van der Waals surface area (Å²) in [5.74, 6) is -0.912. The number of para-hydroxylation sites is 1. The largest absolute Gasteiger partial charge is 0.492 e. The summed E-state index contributed by atoms with van der Waals surface area (Å²) in [7, 11) is 0. The van der Waals surface area contributed by atoms with Crippen LogP contribution in [0.5, 0.6) is 5.88 Å². The van der Waals surface area contributed by atoms with E-state index in [1.165, 1.54) is 11.3 Å². The Labute approximate surface area is 159 Å². The second kappa shape index (κ2) is 7.05. The number of nitrogens with zero attached hydrogens (tertiary/aromatic N) is 2. The third kappa shape index (κ3) is 3.73. The van der Waals surface area contributed by atoms with Gasteiger partial charge in [-0.2, -0.15) is 4.98 Å². The van der Waals surface area contributed by atoms with Crippen molar-refractivity contribution in [3.05, 3.63) is 64.5 Å². The first-order valence-electron chi connectivity index (χ1n) is 8.21. The number of aromatic hydroxyl groups is 1. The number of carboxylic acids is 1. The van der Waals surface area contributed by atoms with Crippen LogP contribution in [0.15, 0.2) is 53.5 Å². The normalized spacial score (nSPS) is 13.7. The van der Waals surface area contributed by atoms with Gasteiger partial charge < -0.3 is 15.5 Å². The zero-order valence-corrected chi connectivity index (χ0v) is 14.9. The van der Waals surface area contributed by atoms with Crippen molar-refractivity contribution in [1.29, 1.82) is 0 Å². The summed E-state index contributed by atoms with van der Waals surface area (Å²) in [6.45, 7) is 0. The lowest BCUT2D eigenvalue weighted by atomic mass is 10.1. The first-order valence-corrected chi connectivity index (χ1v) is 9.03. The summed E-state index contributed by atoms with van der Waals surface area (Å²) in [5.41, 5.74) is 4.35. The van der Waals surface area contributed by atoms with Gasteiger partial charge in [0, 0.05) is 23.0 Å². The van der Waals surface area contributed by atoms with Crippen molar-refractivity contribution in [1.82, 2.24) is 4.98 Å². The number of anilines is 2. The van der Waals surface area contributed by atoms with Gasteiger partial charge in [-0.05, 0) is 29.8 Å². The number of carbonyl (C=O) groups is 1. The van der Waals surface area contributed by atoms with Crippen LogP contribution in [0.25, 0.3) is 11.6 Å². The molecule has 3 aromatic rings. The Morgan fingerprint density at radius 2 is 1.93 bits per heavy atom. The summed E-state index contributed by atoms with van der Waals surface area (Å²) in [6, 6.07) is 14.9. The van der Waals surface area contributed by atoms with E-state index in [1.807, 2.05) is 30.3 Å². The predicted octanol–water partition coefficient (Wildman–Crippen LogP) is 4.48. The Balaban J connectivity index is 1.53. The first-order chi connectivity index (χ1) is 13.1. The smallest absolute Gasteiger partial charge is 0.307 e. The third-order valence-electron chi connectivity index (χ3n) is 4.04. The predicted molar refractivity (Wildman–Crippen MR) is 107 cm³/mol. The molecule has 6 nitrogen and oxygen atoms in total. The number of nitrogens with one attached hydrogen (secondary N) is 1. The molecule has 7 heteroatoms. The maximum absolute atomic E-state index is 10.7. The summed E-state index contributed by atoms with van der Waals surface area (Å²) < 4.78 is 0. The lowest BCUT2D eigenvalue weighted by Crippen LogP contribution is -1.99. The lowest BCUT2D eigenvalue weighted by molar-refractivity contribution is -0.136. The van der Waals surface area contributed by atoms with Crippen molar-refractivity contribution in [2.75, 3.05) is 5.32 Å². The van der Waals surface area contributed by atoms with Crippen molar-refractivity contribution in [2.24, 2.45) is 4.99 Å². The van der Waals surface area contributed by atoms with Crippen LogP contribution in [0.4, 0.5) is 16.5 Å². The zero-order valence-electron chi connectivity index (χ0n) is 14.1. The maximum Gasteiger partial charge on any atom is 0.307 e. The van der Waals surface area contributed by atoms with Crippen molar-refractivity contribution in [3.8, 4) is 5.88 Å². The molecule has 2 heterocycles. The average molecular weight is 377 g/mol. The molecule has 0 radical (unpaired) electrons. The van der Waals surface area contributed by atoms with Gasteiger partial charge in [0.05, 0.1) is 17.0 Å². The molecule has 0 saturated carbocycles. The fourth-order valence-electron chi connectivity index (χ4n) is 2.77. The van der Waals surface area contributed by atoms with Crippen molar-refractivity contribution in [2.45, 2.75) is 6.42 Å². The molecule has 0 unspecified atom stereocenters. The van der Waals surface area contributed by atoms with Crippen LogP contribution < -0.4 is 5.32 Å². The van der Waals surface area contributed by atoms with Crippen LogP contribution in [-0.2, 0) is 11.2 Å². The highest BCUT2D eigenvalue weighted by Gasteiger charge is 2.14. The molecule has 134 valence electrons. The molecule has 1 aliphatic rings. The fraction of sp³-hybridized carbons (Fsp3) is 0.0500. The topological polar surface area (TPSA) is 94.8 Å². The number of hydrogen-bond acceptors (Lipinski definition) is 6. The summed E-state index contributed by atoms with van der Waals surface area (Å²) in [5, 5.41) is 22.7. The van der Waals surface area contributed by atoms with Crippen LogP contribution in [0.2, 0.25) is 0 Å². The van der Waals surface area contributed by atoms with Gasteiger partial charge in [-0.15, -0.1) is 0 Å². The Kier molecular flexibility index (Phi) is 4.43. The van der Waals surface area contributed by atoms with Gasteiger partial charge in [0.15, 0.2) is 5.13 Å². The molecule has 2 aromatic carbocycles. The number of aliphatic carboxylic acids is 1. The highest BCUT2D eigenvalue weighted by Crippen LogP contribution is 2.37. The van der Waals surface area contributed by atoms with E-state index in [0.717, 1.165) is 28.1 Å². The standard InChI is InChI=1S/C20H15N3O3S/c24-18(25)9-12-5-7-14(8-6-12)22-20-23-19(26)17(27-20)10-13-11-21-16-4-2-1-3-15(13)16/h1-8,10-11,26H,9H2,(H,22,23)(H,24,25). The van der Waals surface area contributed by atoms with Gasteiger partial charge >= 0.3 is 5.97 Å². The van der Waals surface area contributed by atoms with Crippen molar-refractivity contribution < 1.29 is 15.0 Å². The number of aliphatic imine (C=N–C) groups is 1. The molecule has 0 spiro atoms. The second-order valence-corrected chi connectivity index (χ2v) is 7.00. The molecule has 1 aliphatic heterocycles. The van der Waals surface area contributed by atoms with Gasteiger partial charge in [-0.25, -0.2) is 0 Å². The Morgan fingerprint density at radius 3 is 2.70 bits per heavy atom. The molecule has 4 rings (SSSR count). The lowest BCUT2D eigenvalue weighted by Gasteiger charge is -2.03. The van der Waals surface area contributed by atoms with Crippen molar-refractivity contribution in [3.63, 3.8) is 0 Å². The third-order valence-corrected chi connectivity index (χ3v) is 4.95. The molecule has 0 atom stereocenters. The minimum atomic E-state index is -0.866. The Bertz CT molecular complexity index is 1070. The number of fused-ring (bicyclic) bond motifs is 1. The highest BCUT2D eigenvalue weighted by atomic mass is 32.1. The number of rotatable bonds is 5. The quantitative estimate of drug-likeness (QED) is 0.609. The van der Waals surface area contributed by atoms with Crippen LogP contribution in [-0.4, -0.2) is 27.4 Å². The molecule has 0 aliphatic carbocycles. The number of allylic oxidation sites excluding steroid dienone is 1. The molecular weight excluding hydrogens is 362 g/mol. The summed E-state index contributed by atoms with van der Waals surface area (Å²) in [4.78, 5) is 19.9. The average Bonchev–Trinajstić information content (AvgIpc) is 3.20. The molecule has 0 bridgehead atoms. The maximum atomic E-state index is 10.7. The Hall–Kier alpha value is -3.45. The first kappa shape index (κ1) is 17.0. The molecular formula is C20H15N3O3S. The SMILES string of the molecule is O=C(O)Cc1ccc(Nc2nc(O)c(C=C3C=Nc4ccccc43)s2)cc1. The highest BCUT2D eigenvalue weighted by molar-refractivity contribution is 7.16. The van der Waals surface area contributed by atoms with Gasteiger partial charge in [0.1, 0.15) is 0 Å². The molecule has 0 saturated heterocycles. The number of carboxylic acid groups (broad SMARTS) is 1. The number of benzene rings is 2. The van der Waals surface area contributed by atoms with E-state index in [0.29, 0.717) is 10.0 Å². The number of aromatic nitrogens is 1. The minimum absolute atomic E-state index is 0.0148. The minimum Gasteiger partial charge on any atom is -0.492 e. The molecule has 0 fully saturated rings. The van der Waals surface area contributed by atoms with Crippen LogP contribution >= 0.6 is 11.3 Å². The van der Waals surface area contributed by atoms with E-state index in [4.69, 9.17) is 5.11 Å². The van der Waals surface area contributed by atoms with E-state index in [-0.39, 0.29) is 12.3 Å². The summed E-state index contributed by atoms with van der Waals surface area (Å²) >= 11 is 1.33. The van der Waals surface area contributed by atoms with E-state index < -0.39 is 5.97 Å². The van der Waals surface area contributed by atoms with E-state index in [1.54, 1.807) is 30.5 Å². The van der Waals surface area contributed by atoms with Gasteiger partial charge in [-0.3, -0.25) is 9.79 Å². The van der Waals surface area contributed by atoms with Crippen LogP contribution in [0, 0.1) is 0 Å². The molecule has 3 N–H and O–H groups in total. The molecule has 27 heavy (non-hydrogen) atoms. The molecule has 0 amide bonds. The second-order valence-electron chi connectivity index (χ2n) is 5.97. The molecule has 1 aromatic heterocycles. The van der Waals surface area contributed by atoms with Crippen molar-refractivity contribution >= 4 is 51.7 Å². The van der Waals surface area contributed by atoms with Gasteiger partial charge in [0.2, 0.25) is 5.88 Å². The Morgan fingerprint density at radius 1 is 1.15 bits per heavy atom. The van der Waals surface area contributed by atoms with E-state index in [2.05, 4.69) is 15.3 Å². The van der Waals surface area contributed by atoms with Gasteiger partial charge in [-0.1, -0.05) is 41.7 Å².